The molecule has 2 aromatic rings. The van der Waals surface area contributed by atoms with Crippen molar-refractivity contribution in [2.75, 3.05) is 13.1 Å². The number of amides is 1. The van der Waals surface area contributed by atoms with Gasteiger partial charge in [0.2, 0.25) is 0 Å². The van der Waals surface area contributed by atoms with Crippen LogP contribution in [0.3, 0.4) is 0 Å². The van der Waals surface area contributed by atoms with Crippen molar-refractivity contribution < 1.29 is 9.90 Å². The Morgan fingerprint density at radius 1 is 1.25 bits per heavy atom. The minimum atomic E-state index is -0.647. The lowest BCUT2D eigenvalue weighted by Crippen LogP contribution is -2.64. The highest BCUT2D eigenvalue weighted by Gasteiger charge is 2.53. The molecule has 0 bridgehead atoms. The zero-order chi connectivity index (χ0) is 13.7. The van der Waals surface area contributed by atoms with Gasteiger partial charge in [-0.3, -0.25) is 14.8 Å². The van der Waals surface area contributed by atoms with Crippen LogP contribution in [0.2, 0.25) is 0 Å². The van der Waals surface area contributed by atoms with Crippen molar-refractivity contribution in [2.45, 2.75) is 18.4 Å². The van der Waals surface area contributed by atoms with Gasteiger partial charge in [-0.25, -0.2) is 0 Å². The predicted molar refractivity (Wildman–Crippen MR) is 73.1 cm³/mol. The molecule has 1 saturated carbocycles. The van der Waals surface area contributed by atoms with E-state index < -0.39 is 5.60 Å². The summed E-state index contributed by atoms with van der Waals surface area (Å²) < 4.78 is 0. The minimum Gasteiger partial charge on any atom is -0.386 e. The maximum atomic E-state index is 12.5. The number of carbonyl (C=O) groups excluding carboxylic acids is 1. The second-order valence-electron chi connectivity index (χ2n) is 5.77. The molecule has 0 radical (unpaired) electrons. The molecule has 0 unspecified atom stereocenters. The number of rotatable bonds is 2. The molecule has 0 atom stereocenters. The molecule has 1 aliphatic carbocycles. The summed E-state index contributed by atoms with van der Waals surface area (Å²) in [5.74, 6) is 0.320. The SMILES string of the molecule is O=C(c1cccc2nccnc12)N1CC(O)(C2CC2)C1. The van der Waals surface area contributed by atoms with E-state index in [1.54, 1.807) is 23.4 Å². The number of carbonyl (C=O) groups is 1. The summed E-state index contributed by atoms with van der Waals surface area (Å²) in [7, 11) is 0. The van der Waals surface area contributed by atoms with Gasteiger partial charge in [-0.05, 0) is 30.9 Å². The monoisotopic (exact) mass is 269 g/mol. The van der Waals surface area contributed by atoms with Crippen molar-refractivity contribution in [3.8, 4) is 0 Å². The Kier molecular flexibility index (Phi) is 2.35. The molecule has 2 fully saturated rings. The minimum absolute atomic E-state index is 0.0681. The first kappa shape index (κ1) is 11.8. The Hall–Kier alpha value is -2.01. The summed E-state index contributed by atoms with van der Waals surface area (Å²) in [6.07, 6.45) is 5.37. The third kappa shape index (κ3) is 1.70. The quantitative estimate of drug-likeness (QED) is 0.890. The number of hydrogen-bond donors (Lipinski definition) is 1. The van der Waals surface area contributed by atoms with Gasteiger partial charge in [-0.2, -0.15) is 0 Å². The summed E-state index contributed by atoms with van der Waals surface area (Å²) in [6.45, 7) is 0.875. The number of likely N-dealkylation sites (tertiary alicyclic amines) is 1. The van der Waals surface area contributed by atoms with Crippen LogP contribution in [0.4, 0.5) is 0 Å². The summed E-state index contributed by atoms with van der Waals surface area (Å²) >= 11 is 0. The molecule has 1 aliphatic heterocycles. The van der Waals surface area contributed by atoms with Crippen LogP contribution in [-0.2, 0) is 0 Å². The highest BCUT2D eigenvalue weighted by atomic mass is 16.3. The van der Waals surface area contributed by atoms with Gasteiger partial charge in [0.1, 0.15) is 11.1 Å². The summed E-state index contributed by atoms with van der Waals surface area (Å²) in [5, 5.41) is 10.3. The van der Waals surface area contributed by atoms with Crippen LogP contribution in [0.5, 0.6) is 0 Å². The maximum Gasteiger partial charge on any atom is 0.256 e. The molecule has 2 aliphatic rings. The summed E-state index contributed by atoms with van der Waals surface area (Å²) in [6, 6.07) is 5.43. The van der Waals surface area contributed by atoms with Crippen LogP contribution < -0.4 is 0 Å². The standard InChI is InChI=1S/C15H15N3O2/c19-14(18-8-15(20,9-18)10-4-5-10)11-2-1-3-12-13(11)17-7-6-16-12/h1-3,6-7,10,20H,4-5,8-9H2. The van der Waals surface area contributed by atoms with E-state index in [9.17, 15) is 9.90 Å². The first-order valence-electron chi connectivity index (χ1n) is 6.89. The van der Waals surface area contributed by atoms with E-state index in [0.29, 0.717) is 30.1 Å². The second kappa shape index (κ2) is 3.99. The molecule has 5 nitrogen and oxygen atoms in total. The number of β-amino-alcohol motifs (C(OH)–C–C–N with tert-alkyl or cyclic N) is 1. The average Bonchev–Trinajstić information content (AvgIpc) is 3.27. The summed E-state index contributed by atoms with van der Waals surface area (Å²) in [5.41, 5.74) is 1.26. The molecule has 5 heteroatoms. The van der Waals surface area contributed by atoms with E-state index in [1.165, 1.54) is 0 Å². The second-order valence-corrected chi connectivity index (χ2v) is 5.77. The molecule has 2 heterocycles. The Morgan fingerprint density at radius 2 is 2.00 bits per heavy atom. The van der Waals surface area contributed by atoms with Gasteiger partial charge in [0.15, 0.2) is 0 Å². The molecule has 1 saturated heterocycles. The van der Waals surface area contributed by atoms with Gasteiger partial charge in [0.05, 0.1) is 24.2 Å². The van der Waals surface area contributed by atoms with Crippen molar-refractivity contribution in [2.24, 2.45) is 5.92 Å². The highest BCUT2D eigenvalue weighted by Crippen LogP contribution is 2.44. The molecule has 0 spiro atoms. The van der Waals surface area contributed by atoms with Crippen molar-refractivity contribution in [1.29, 1.82) is 0 Å². The van der Waals surface area contributed by atoms with Crippen LogP contribution in [-0.4, -0.2) is 44.6 Å². The fourth-order valence-electron chi connectivity index (χ4n) is 2.97. The Balaban J connectivity index is 1.62. The number of nitrogens with zero attached hydrogens (tertiary/aromatic N) is 3. The smallest absolute Gasteiger partial charge is 0.256 e. The van der Waals surface area contributed by atoms with Crippen LogP contribution >= 0.6 is 0 Å². The van der Waals surface area contributed by atoms with Gasteiger partial charge in [0.25, 0.3) is 5.91 Å². The lowest BCUT2D eigenvalue weighted by Gasteiger charge is -2.47. The fourth-order valence-corrected chi connectivity index (χ4v) is 2.97. The molecule has 1 aromatic carbocycles. The largest absolute Gasteiger partial charge is 0.386 e. The van der Waals surface area contributed by atoms with Crippen LogP contribution in [0.15, 0.2) is 30.6 Å². The normalized spacial score (nSPS) is 20.8. The number of hydrogen-bond acceptors (Lipinski definition) is 4. The number of fused-ring (bicyclic) bond motifs is 1. The Bertz CT molecular complexity index is 685. The molecular formula is C15H15N3O2. The van der Waals surface area contributed by atoms with Crippen LogP contribution in [0.1, 0.15) is 23.2 Å². The maximum absolute atomic E-state index is 12.5. The number of aliphatic hydroxyl groups is 1. The third-order valence-electron chi connectivity index (χ3n) is 4.28. The first-order chi connectivity index (χ1) is 9.67. The molecular weight excluding hydrogens is 254 g/mol. The van der Waals surface area contributed by atoms with E-state index in [2.05, 4.69) is 9.97 Å². The number of benzene rings is 1. The van der Waals surface area contributed by atoms with Gasteiger partial charge in [0, 0.05) is 12.4 Å². The van der Waals surface area contributed by atoms with Gasteiger partial charge < -0.3 is 10.0 Å². The Morgan fingerprint density at radius 3 is 2.75 bits per heavy atom. The van der Waals surface area contributed by atoms with E-state index in [0.717, 1.165) is 18.4 Å². The lowest BCUT2D eigenvalue weighted by atomic mass is 9.88. The van der Waals surface area contributed by atoms with E-state index in [4.69, 9.17) is 0 Å². The number of para-hydroxylation sites is 1. The van der Waals surface area contributed by atoms with Crippen LogP contribution in [0.25, 0.3) is 11.0 Å². The summed E-state index contributed by atoms with van der Waals surface area (Å²) in [4.78, 5) is 22.7. The van der Waals surface area contributed by atoms with Crippen molar-refractivity contribution in [3.05, 3.63) is 36.2 Å². The van der Waals surface area contributed by atoms with Gasteiger partial charge >= 0.3 is 0 Å². The third-order valence-corrected chi connectivity index (χ3v) is 4.28. The lowest BCUT2D eigenvalue weighted by molar-refractivity contribution is -0.0957. The first-order valence-corrected chi connectivity index (χ1v) is 6.89. The average molecular weight is 269 g/mol. The molecule has 1 aromatic heterocycles. The van der Waals surface area contributed by atoms with Gasteiger partial charge in [-0.1, -0.05) is 6.07 Å². The predicted octanol–water partition coefficient (Wildman–Crippen LogP) is 1.23. The molecule has 20 heavy (non-hydrogen) atoms. The molecule has 102 valence electrons. The Labute approximate surface area is 116 Å². The van der Waals surface area contributed by atoms with Crippen molar-refractivity contribution >= 4 is 16.9 Å². The molecule has 4 rings (SSSR count). The molecule has 1 amide bonds. The van der Waals surface area contributed by atoms with E-state index in [1.807, 2.05) is 12.1 Å². The number of aromatic nitrogens is 2. The van der Waals surface area contributed by atoms with E-state index in [-0.39, 0.29) is 5.91 Å². The van der Waals surface area contributed by atoms with Crippen molar-refractivity contribution in [3.63, 3.8) is 0 Å². The topological polar surface area (TPSA) is 66.3 Å². The van der Waals surface area contributed by atoms with Gasteiger partial charge in [-0.15, -0.1) is 0 Å². The van der Waals surface area contributed by atoms with Crippen molar-refractivity contribution in [1.82, 2.24) is 14.9 Å². The highest BCUT2D eigenvalue weighted by molar-refractivity contribution is 6.05. The fraction of sp³-hybridized carbons (Fsp3) is 0.400. The van der Waals surface area contributed by atoms with Crippen LogP contribution in [0, 0.1) is 5.92 Å². The zero-order valence-corrected chi connectivity index (χ0v) is 11.0. The zero-order valence-electron chi connectivity index (χ0n) is 11.0. The molecule has 1 N–H and O–H groups in total. The van der Waals surface area contributed by atoms with E-state index >= 15 is 0 Å².